The van der Waals surface area contributed by atoms with E-state index in [0.717, 1.165) is 28.3 Å². The molecule has 6 rings (SSSR count). The highest BCUT2D eigenvalue weighted by Gasteiger charge is 2.15. The molecule has 4 aromatic carbocycles. The van der Waals surface area contributed by atoms with Crippen LogP contribution >= 0.6 is 11.3 Å². The maximum Gasteiger partial charge on any atom is 0.126 e. The van der Waals surface area contributed by atoms with Gasteiger partial charge in [0.2, 0.25) is 0 Å². The van der Waals surface area contributed by atoms with Gasteiger partial charge in [0, 0.05) is 31.3 Å². The number of hydrogen-bond acceptors (Lipinski definition) is 3. The van der Waals surface area contributed by atoms with Crippen molar-refractivity contribution in [3.63, 3.8) is 0 Å². The van der Waals surface area contributed by atoms with Crippen LogP contribution in [0.5, 0.6) is 0 Å². The zero-order chi connectivity index (χ0) is 21.5. The second-order valence-electron chi connectivity index (χ2n) is 7.87. The van der Waals surface area contributed by atoms with Gasteiger partial charge >= 0.3 is 0 Å². The van der Waals surface area contributed by atoms with Crippen LogP contribution in [-0.2, 0) is 0 Å². The molecule has 0 atom stereocenters. The van der Waals surface area contributed by atoms with Gasteiger partial charge < -0.3 is 0 Å². The largest absolute Gasteiger partial charge is 0.233 e. The van der Waals surface area contributed by atoms with E-state index in [1.807, 2.05) is 24.3 Å². The molecule has 2 nitrogen and oxygen atoms in total. The minimum Gasteiger partial charge on any atom is -0.233 e. The molecule has 0 aliphatic carbocycles. The van der Waals surface area contributed by atoms with Crippen LogP contribution in [0.2, 0.25) is 0 Å². The van der Waals surface area contributed by atoms with E-state index in [1.54, 1.807) is 0 Å². The summed E-state index contributed by atoms with van der Waals surface area (Å²) in [4.78, 5) is 9.70. The van der Waals surface area contributed by atoms with Gasteiger partial charge in [-0.2, -0.15) is 0 Å². The summed E-state index contributed by atoms with van der Waals surface area (Å²) in [5, 5.41) is 2.55. The zero-order valence-electron chi connectivity index (χ0n) is 17.6. The number of hydrogen-bond donors (Lipinski definition) is 0. The van der Waals surface area contributed by atoms with E-state index in [0.29, 0.717) is 0 Å². The molecule has 0 N–H and O–H groups in total. The summed E-state index contributed by atoms with van der Waals surface area (Å²) in [7, 11) is 0. The molecule has 6 aromatic rings. The summed E-state index contributed by atoms with van der Waals surface area (Å²) in [6.07, 6.45) is 0. The number of aromatic nitrogens is 2. The minimum atomic E-state index is 0.775. The van der Waals surface area contributed by atoms with Crippen molar-refractivity contribution >= 4 is 31.5 Å². The van der Waals surface area contributed by atoms with Crippen molar-refractivity contribution in [2.24, 2.45) is 0 Å². The van der Waals surface area contributed by atoms with Crippen molar-refractivity contribution in [3.8, 4) is 33.6 Å². The van der Waals surface area contributed by atoms with Crippen molar-refractivity contribution in [1.82, 2.24) is 9.97 Å². The second kappa shape index (κ2) is 7.70. The Balaban J connectivity index is 1.59. The third-order valence-corrected chi connectivity index (χ3v) is 6.94. The van der Waals surface area contributed by atoms with Crippen molar-refractivity contribution < 1.29 is 0 Å². The van der Waals surface area contributed by atoms with Gasteiger partial charge in [0.1, 0.15) is 5.82 Å². The molecule has 32 heavy (non-hydrogen) atoms. The molecule has 0 amide bonds. The molecule has 0 bridgehead atoms. The highest BCUT2D eigenvalue weighted by Crippen LogP contribution is 2.40. The predicted molar refractivity (Wildman–Crippen MR) is 136 cm³/mol. The minimum absolute atomic E-state index is 0.775. The van der Waals surface area contributed by atoms with Crippen LogP contribution in [0, 0.1) is 6.92 Å². The molecule has 0 aliphatic rings. The topological polar surface area (TPSA) is 25.8 Å². The summed E-state index contributed by atoms with van der Waals surface area (Å²) in [5.74, 6) is 0.775. The van der Waals surface area contributed by atoms with Gasteiger partial charge in [-0.3, -0.25) is 0 Å². The van der Waals surface area contributed by atoms with Gasteiger partial charge in [-0.25, -0.2) is 9.97 Å². The Kier molecular flexibility index (Phi) is 4.55. The Morgan fingerprint density at radius 2 is 1.19 bits per heavy atom. The maximum atomic E-state index is 4.86. The number of nitrogens with zero attached hydrogens (tertiary/aromatic N) is 2. The second-order valence-corrected chi connectivity index (χ2v) is 8.96. The summed E-state index contributed by atoms with van der Waals surface area (Å²) >= 11 is 1.83. The highest BCUT2D eigenvalue weighted by atomic mass is 32.1. The SMILES string of the molecule is Cc1nc(-c2ccccc2-c2ccccc2)cc(-c2cccc3sc4ccccc4c23)n1. The van der Waals surface area contributed by atoms with E-state index in [4.69, 9.17) is 9.97 Å². The van der Waals surface area contributed by atoms with Crippen molar-refractivity contribution in [2.75, 3.05) is 0 Å². The Morgan fingerprint density at radius 1 is 0.562 bits per heavy atom. The fourth-order valence-electron chi connectivity index (χ4n) is 4.41. The molecule has 0 saturated carbocycles. The molecule has 0 fully saturated rings. The molecule has 0 spiro atoms. The van der Waals surface area contributed by atoms with Gasteiger partial charge in [-0.05, 0) is 36.2 Å². The molecule has 2 heterocycles. The summed E-state index contributed by atoms with van der Waals surface area (Å²) in [6, 6.07) is 36.2. The van der Waals surface area contributed by atoms with E-state index >= 15 is 0 Å². The smallest absolute Gasteiger partial charge is 0.126 e. The summed E-state index contributed by atoms with van der Waals surface area (Å²) in [6.45, 7) is 1.98. The average Bonchev–Trinajstić information content (AvgIpc) is 3.23. The molecule has 2 aromatic heterocycles. The van der Waals surface area contributed by atoms with E-state index < -0.39 is 0 Å². The normalized spacial score (nSPS) is 11.3. The summed E-state index contributed by atoms with van der Waals surface area (Å²) in [5.41, 5.74) is 6.55. The molecule has 0 unspecified atom stereocenters. The maximum absolute atomic E-state index is 4.86. The number of aryl methyl sites for hydroxylation is 1. The van der Waals surface area contributed by atoms with Crippen LogP contribution in [-0.4, -0.2) is 9.97 Å². The number of benzene rings is 4. The van der Waals surface area contributed by atoms with Gasteiger partial charge in [-0.1, -0.05) is 84.9 Å². The lowest BCUT2D eigenvalue weighted by Gasteiger charge is -2.12. The van der Waals surface area contributed by atoms with Crippen LogP contribution in [0.3, 0.4) is 0 Å². The quantitative estimate of drug-likeness (QED) is 0.284. The Labute approximate surface area is 190 Å². The van der Waals surface area contributed by atoms with Crippen molar-refractivity contribution in [3.05, 3.63) is 109 Å². The van der Waals surface area contributed by atoms with Crippen LogP contribution in [0.1, 0.15) is 5.82 Å². The molecule has 0 radical (unpaired) electrons. The van der Waals surface area contributed by atoms with Gasteiger partial charge in [-0.15, -0.1) is 11.3 Å². The fraction of sp³-hybridized carbons (Fsp3) is 0.0345. The number of fused-ring (bicyclic) bond motifs is 3. The molecule has 3 heteroatoms. The summed E-state index contributed by atoms with van der Waals surface area (Å²) < 4.78 is 2.58. The molecule has 152 valence electrons. The molecular formula is C29H20N2S. The van der Waals surface area contributed by atoms with E-state index in [2.05, 4.69) is 97.1 Å². The van der Waals surface area contributed by atoms with Crippen molar-refractivity contribution in [2.45, 2.75) is 6.92 Å². The first-order valence-corrected chi connectivity index (χ1v) is 11.5. The average molecular weight is 429 g/mol. The third-order valence-electron chi connectivity index (χ3n) is 5.80. The molecule has 0 aliphatic heterocycles. The van der Waals surface area contributed by atoms with E-state index in [9.17, 15) is 0 Å². The van der Waals surface area contributed by atoms with Crippen LogP contribution in [0.4, 0.5) is 0 Å². The lowest BCUT2D eigenvalue weighted by Crippen LogP contribution is -1.96. The first-order valence-electron chi connectivity index (χ1n) is 10.7. The molecule has 0 saturated heterocycles. The Hall–Kier alpha value is -3.82. The van der Waals surface area contributed by atoms with Gasteiger partial charge in [0.25, 0.3) is 0 Å². The van der Waals surface area contributed by atoms with E-state index in [-0.39, 0.29) is 0 Å². The highest BCUT2D eigenvalue weighted by molar-refractivity contribution is 7.25. The Bertz CT molecular complexity index is 1580. The van der Waals surface area contributed by atoms with Gasteiger partial charge in [0.05, 0.1) is 11.4 Å². The lowest BCUT2D eigenvalue weighted by molar-refractivity contribution is 1.06. The van der Waals surface area contributed by atoms with Crippen LogP contribution < -0.4 is 0 Å². The van der Waals surface area contributed by atoms with Crippen LogP contribution in [0.15, 0.2) is 103 Å². The fourth-order valence-corrected chi connectivity index (χ4v) is 5.54. The molecular weight excluding hydrogens is 408 g/mol. The number of thiophene rings is 1. The van der Waals surface area contributed by atoms with Crippen molar-refractivity contribution in [1.29, 1.82) is 0 Å². The predicted octanol–water partition coefficient (Wildman–Crippen LogP) is 8.15. The zero-order valence-corrected chi connectivity index (χ0v) is 18.4. The standard InChI is InChI=1S/C29H20N2S/c1-19-30-25(22-13-6-5-12-21(22)20-10-3-2-4-11-20)18-26(31-19)23-15-9-17-28-29(23)24-14-7-8-16-27(24)32-28/h2-18H,1H3. The first-order chi connectivity index (χ1) is 15.8. The third kappa shape index (κ3) is 3.19. The van der Waals surface area contributed by atoms with Gasteiger partial charge in [0.15, 0.2) is 0 Å². The monoisotopic (exact) mass is 428 g/mol. The lowest BCUT2D eigenvalue weighted by atomic mass is 9.96. The van der Waals surface area contributed by atoms with Crippen LogP contribution in [0.25, 0.3) is 53.8 Å². The Morgan fingerprint density at radius 3 is 2.03 bits per heavy atom. The number of rotatable bonds is 3. The van der Waals surface area contributed by atoms with E-state index in [1.165, 1.54) is 31.3 Å². The first kappa shape index (κ1) is 18.9.